The number of carbonyl (C=O) groups is 1. The molecule has 5 heteroatoms. The van der Waals surface area contributed by atoms with Crippen LogP contribution in [0.15, 0.2) is 48.5 Å². The van der Waals surface area contributed by atoms with Gasteiger partial charge in [-0.05, 0) is 62.4 Å². The Bertz CT molecular complexity index is 623. The zero-order valence-electron chi connectivity index (χ0n) is 14.1. The summed E-state index contributed by atoms with van der Waals surface area (Å²) in [6.45, 7) is 5.53. The van der Waals surface area contributed by atoms with Crippen molar-refractivity contribution >= 4 is 11.6 Å². The van der Waals surface area contributed by atoms with Crippen LogP contribution in [0.3, 0.4) is 0 Å². The monoisotopic (exact) mass is 329 g/mol. The van der Waals surface area contributed by atoms with Crippen LogP contribution in [0.4, 0.5) is 5.69 Å². The molecule has 2 aromatic rings. The molecule has 5 nitrogen and oxygen atoms in total. The SMILES string of the molecule is CCOCCC(=O)Nc1ccc(Oc2ccc(OCC)cc2)cc1. The van der Waals surface area contributed by atoms with Gasteiger partial charge in [0.15, 0.2) is 0 Å². The summed E-state index contributed by atoms with van der Waals surface area (Å²) in [5.74, 6) is 2.18. The average molecular weight is 329 g/mol. The van der Waals surface area contributed by atoms with Crippen molar-refractivity contribution in [1.82, 2.24) is 0 Å². The maximum absolute atomic E-state index is 11.7. The molecule has 0 aliphatic carbocycles. The third-order valence-electron chi connectivity index (χ3n) is 3.19. The fourth-order valence-corrected chi connectivity index (χ4v) is 2.05. The summed E-state index contributed by atoms with van der Waals surface area (Å²) in [5.41, 5.74) is 0.732. The average Bonchev–Trinajstić information content (AvgIpc) is 2.59. The van der Waals surface area contributed by atoms with E-state index in [1.165, 1.54) is 0 Å². The van der Waals surface area contributed by atoms with E-state index in [1.54, 1.807) is 0 Å². The van der Waals surface area contributed by atoms with Gasteiger partial charge in [-0.15, -0.1) is 0 Å². The predicted octanol–water partition coefficient (Wildman–Crippen LogP) is 4.24. The minimum absolute atomic E-state index is 0.0661. The molecule has 0 atom stereocenters. The lowest BCUT2D eigenvalue weighted by Gasteiger charge is -2.09. The Morgan fingerprint density at radius 1 is 0.875 bits per heavy atom. The van der Waals surface area contributed by atoms with E-state index in [2.05, 4.69) is 5.32 Å². The van der Waals surface area contributed by atoms with Crippen LogP contribution in [0, 0.1) is 0 Å². The summed E-state index contributed by atoms with van der Waals surface area (Å²) in [6, 6.07) is 14.7. The highest BCUT2D eigenvalue weighted by Gasteiger charge is 2.03. The van der Waals surface area contributed by atoms with Crippen LogP contribution in [0.5, 0.6) is 17.2 Å². The first-order valence-corrected chi connectivity index (χ1v) is 8.09. The molecule has 128 valence electrons. The van der Waals surface area contributed by atoms with E-state index in [9.17, 15) is 4.79 Å². The third kappa shape index (κ3) is 5.93. The van der Waals surface area contributed by atoms with Crippen molar-refractivity contribution in [3.05, 3.63) is 48.5 Å². The Morgan fingerprint density at radius 3 is 2.04 bits per heavy atom. The normalized spacial score (nSPS) is 10.2. The number of hydrogen-bond acceptors (Lipinski definition) is 4. The molecule has 24 heavy (non-hydrogen) atoms. The van der Waals surface area contributed by atoms with Gasteiger partial charge in [-0.1, -0.05) is 0 Å². The molecule has 0 saturated heterocycles. The van der Waals surface area contributed by atoms with E-state index in [4.69, 9.17) is 14.2 Å². The quantitative estimate of drug-likeness (QED) is 0.699. The molecular formula is C19H23NO4. The number of benzene rings is 2. The minimum Gasteiger partial charge on any atom is -0.494 e. The molecule has 0 aliphatic heterocycles. The topological polar surface area (TPSA) is 56.8 Å². The smallest absolute Gasteiger partial charge is 0.226 e. The zero-order chi connectivity index (χ0) is 17.2. The molecular weight excluding hydrogens is 306 g/mol. The van der Waals surface area contributed by atoms with Crippen LogP contribution in [-0.4, -0.2) is 25.7 Å². The number of rotatable bonds is 9. The Kier molecular flexibility index (Phi) is 7.11. The lowest BCUT2D eigenvalue weighted by molar-refractivity contribution is -0.117. The van der Waals surface area contributed by atoms with E-state index < -0.39 is 0 Å². The van der Waals surface area contributed by atoms with Crippen LogP contribution in [0.1, 0.15) is 20.3 Å². The lowest BCUT2D eigenvalue weighted by atomic mass is 10.3. The molecule has 1 N–H and O–H groups in total. The number of hydrogen-bond donors (Lipinski definition) is 1. The fourth-order valence-electron chi connectivity index (χ4n) is 2.05. The van der Waals surface area contributed by atoms with Crippen molar-refractivity contribution in [3.63, 3.8) is 0 Å². The van der Waals surface area contributed by atoms with Crippen molar-refractivity contribution in [3.8, 4) is 17.2 Å². The fraction of sp³-hybridized carbons (Fsp3) is 0.316. The van der Waals surface area contributed by atoms with Crippen molar-refractivity contribution in [2.24, 2.45) is 0 Å². The van der Waals surface area contributed by atoms with Crippen molar-refractivity contribution in [1.29, 1.82) is 0 Å². The molecule has 0 unspecified atom stereocenters. The maximum atomic E-state index is 11.7. The summed E-state index contributed by atoms with van der Waals surface area (Å²) in [4.78, 5) is 11.7. The van der Waals surface area contributed by atoms with Gasteiger partial charge < -0.3 is 19.5 Å². The van der Waals surface area contributed by atoms with Gasteiger partial charge in [0.25, 0.3) is 0 Å². The maximum Gasteiger partial charge on any atom is 0.226 e. The van der Waals surface area contributed by atoms with E-state index in [1.807, 2.05) is 62.4 Å². The molecule has 0 spiro atoms. The largest absolute Gasteiger partial charge is 0.494 e. The molecule has 1 amide bonds. The van der Waals surface area contributed by atoms with Gasteiger partial charge in [0, 0.05) is 12.3 Å². The number of nitrogens with one attached hydrogen (secondary N) is 1. The summed E-state index contributed by atoms with van der Waals surface area (Å²) >= 11 is 0. The van der Waals surface area contributed by atoms with Gasteiger partial charge in [-0.2, -0.15) is 0 Å². The van der Waals surface area contributed by atoms with Gasteiger partial charge in [0.1, 0.15) is 17.2 Å². The lowest BCUT2D eigenvalue weighted by Crippen LogP contribution is -2.13. The standard InChI is InChI=1S/C19H23NO4/c1-3-22-14-13-19(21)20-15-5-7-17(8-6-15)24-18-11-9-16(10-12-18)23-4-2/h5-12H,3-4,13-14H2,1-2H3,(H,20,21). The predicted molar refractivity (Wildman–Crippen MR) is 93.9 cm³/mol. The molecule has 0 radical (unpaired) electrons. The Hall–Kier alpha value is -2.53. The highest BCUT2D eigenvalue weighted by Crippen LogP contribution is 2.25. The van der Waals surface area contributed by atoms with Crippen LogP contribution in [0.2, 0.25) is 0 Å². The second-order valence-electron chi connectivity index (χ2n) is 5.03. The molecule has 2 rings (SSSR count). The highest BCUT2D eigenvalue weighted by atomic mass is 16.5. The zero-order valence-corrected chi connectivity index (χ0v) is 14.1. The Balaban J connectivity index is 1.86. The van der Waals surface area contributed by atoms with E-state index >= 15 is 0 Å². The van der Waals surface area contributed by atoms with Crippen LogP contribution >= 0.6 is 0 Å². The van der Waals surface area contributed by atoms with Crippen molar-refractivity contribution in [2.45, 2.75) is 20.3 Å². The molecule has 2 aromatic carbocycles. The van der Waals surface area contributed by atoms with E-state index in [0.717, 1.165) is 17.2 Å². The molecule has 0 aliphatic rings. The van der Waals surface area contributed by atoms with Gasteiger partial charge in [-0.25, -0.2) is 0 Å². The molecule has 0 aromatic heterocycles. The van der Waals surface area contributed by atoms with Crippen LogP contribution in [-0.2, 0) is 9.53 Å². The Morgan fingerprint density at radius 2 is 1.46 bits per heavy atom. The molecule has 0 heterocycles. The summed E-state index contributed by atoms with van der Waals surface area (Å²) in [6.07, 6.45) is 0.346. The minimum atomic E-state index is -0.0661. The molecule has 0 fully saturated rings. The van der Waals surface area contributed by atoms with Crippen LogP contribution in [0.25, 0.3) is 0 Å². The first kappa shape index (κ1) is 17.8. The first-order valence-electron chi connectivity index (χ1n) is 8.09. The van der Waals surface area contributed by atoms with Crippen molar-refractivity contribution in [2.75, 3.05) is 25.1 Å². The van der Waals surface area contributed by atoms with Crippen LogP contribution < -0.4 is 14.8 Å². The van der Waals surface area contributed by atoms with Gasteiger partial charge >= 0.3 is 0 Å². The third-order valence-corrected chi connectivity index (χ3v) is 3.19. The second kappa shape index (κ2) is 9.57. The number of carbonyl (C=O) groups excluding carboxylic acids is 1. The molecule has 0 bridgehead atoms. The number of anilines is 1. The highest BCUT2D eigenvalue weighted by molar-refractivity contribution is 5.90. The summed E-state index contributed by atoms with van der Waals surface area (Å²) in [5, 5.41) is 2.82. The first-order chi connectivity index (χ1) is 11.7. The van der Waals surface area contributed by atoms with Crippen molar-refractivity contribution < 1.29 is 19.0 Å². The summed E-state index contributed by atoms with van der Waals surface area (Å²) in [7, 11) is 0. The van der Waals surface area contributed by atoms with Gasteiger partial charge in [0.05, 0.1) is 19.6 Å². The molecule has 0 saturated carbocycles. The van der Waals surface area contributed by atoms with Gasteiger partial charge in [0.2, 0.25) is 5.91 Å². The summed E-state index contributed by atoms with van der Waals surface area (Å²) < 4.78 is 16.3. The second-order valence-corrected chi connectivity index (χ2v) is 5.03. The van der Waals surface area contributed by atoms with E-state index in [-0.39, 0.29) is 5.91 Å². The number of amides is 1. The van der Waals surface area contributed by atoms with Gasteiger partial charge in [-0.3, -0.25) is 4.79 Å². The van der Waals surface area contributed by atoms with E-state index in [0.29, 0.717) is 32.0 Å². The Labute approximate surface area is 142 Å². The number of ether oxygens (including phenoxy) is 3.